The van der Waals surface area contributed by atoms with Gasteiger partial charge in [0.2, 0.25) is 0 Å². The van der Waals surface area contributed by atoms with Crippen LogP contribution in [0.1, 0.15) is 21.5 Å². The summed E-state index contributed by atoms with van der Waals surface area (Å²) in [5, 5.41) is 3.05. The number of urea groups is 1. The summed E-state index contributed by atoms with van der Waals surface area (Å²) in [4.78, 5) is 28.2. The number of carbonyl (C=O) groups is 2. The number of para-hydroxylation sites is 1. The van der Waals surface area contributed by atoms with E-state index in [-0.39, 0.29) is 12.0 Å². The lowest BCUT2D eigenvalue weighted by Crippen LogP contribution is -2.50. The number of hydrogen-bond acceptors (Lipinski definition) is 4. The second kappa shape index (κ2) is 8.12. The number of carbonyl (C=O) groups excluding carboxylic acids is 2. The topological polar surface area (TPSA) is 61.9 Å². The largest absolute Gasteiger partial charge is 0.465 e. The van der Waals surface area contributed by atoms with E-state index in [1.165, 1.54) is 7.11 Å². The van der Waals surface area contributed by atoms with Crippen LogP contribution < -0.4 is 10.2 Å². The van der Waals surface area contributed by atoms with Crippen LogP contribution >= 0.6 is 0 Å². The van der Waals surface area contributed by atoms with Crippen LogP contribution in [0.25, 0.3) is 0 Å². The smallest absolute Gasteiger partial charge is 0.337 e. The number of aryl methyl sites for hydroxylation is 2. The van der Waals surface area contributed by atoms with Gasteiger partial charge in [-0.05, 0) is 49.2 Å². The van der Waals surface area contributed by atoms with Crippen LogP contribution in [0.2, 0.25) is 0 Å². The zero-order valence-corrected chi connectivity index (χ0v) is 16.0. The number of amides is 2. The van der Waals surface area contributed by atoms with E-state index >= 15 is 0 Å². The molecule has 0 aromatic heterocycles. The molecule has 0 atom stereocenters. The van der Waals surface area contributed by atoms with Crippen molar-refractivity contribution in [3.63, 3.8) is 0 Å². The highest BCUT2D eigenvalue weighted by molar-refractivity contribution is 5.91. The van der Waals surface area contributed by atoms with Crippen LogP contribution in [0.4, 0.5) is 16.2 Å². The Labute approximate surface area is 159 Å². The maximum atomic E-state index is 12.6. The Morgan fingerprint density at radius 2 is 1.52 bits per heavy atom. The monoisotopic (exact) mass is 367 g/mol. The van der Waals surface area contributed by atoms with Crippen LogP contribution in [0.3, 0.4) is 0 Å². The lowest BCUT2D eigenvalue weighted by atomic mass is 10.1. The minimum Gasteiger partial charge on any atom is -0.465 e. The molecule has 2 aromatic carbocycles. The van der Waals surface area contributed by atoms with Crippen molar-refractivity contribution >= 4 is 23.4 Å². The number of rotatable bonds is 3. The second-order valence-electron chi connectivity index (χ2n) is 6.71. The van der Waals surface area contributed by atoms with E-state index in [0.717, 1.165) is 35.6 Å². The highest BCUT2D eigenvalue weighted by atomic mass is 16.5. The first-order valence-electron chi connectivity index (χ1n) is 9.05. The van der Waals surface area contributed by atoms with Gasteiger partial charge in [0.15, 0.2) is 0 Å². The summed E-state index contributed by atoms with van der Waals surface area (Å²) in [5.74, 6) is -0.338. The standard InChI is InChI=1S/C21H25N3O3/c1-15-5-4-6-16(2)19(15)22-21(26)24-13-11-23(12-14-24)18-9-7-17(8-10-18)20(25)27-3/h4-10H,11-14H2,1-3H3,(H,22,26). The highest BCUT2D eigenvalue weighted by Crippen LogP contribution is 2.21. The minimum absolute atomic E-state index is 0.0620. The summed E-state index contributed by atoms with van der Waals surface area (Å²) in [5.41, 5.74) is 4.59. The van der Waals surface area contributed by atoms with Gasteiger partial charge < -0.3 is 19.9 Å². The normalized spacial score (nSPS) is 14.0. The minimum atomic E-state index is -0.338. The van der Waals surface area contributed by atoms with Crippen molar-refractivity contribution in [3.8, 4) is 0 Å². The maximum absolute atomic E-state index is 12.6. The summed E-state index contributed by atoms with van der Waals surface area (Å²) in [6.07, 6.45) is 0. The first kappa shape index (κ1) is 18.8. The third-order valence-corrected chi connectivity index (χ3v) is 4.93. The fourth-order valence-electron chi connectivity index (χ4n) is 3.29. The molecule has 1 aliphatic rings. The van der Waals surface area contributed by atoms with E-state index in [0.29, 0.717) is 18.7 Å². The number of nitrogens with one attached hydrogen (secondary N) is 1. The Balaban J connectivity index is 1.58. The Kier molecular flexibility index (Phi) is 5.64. The van der Waals surface area contributed by atoms with E-state index < -0.39 is 0 Å². The molecule has 1 fully saturated rings. The summed E-state index contributed by atoms with van der Waals surface area (Å²) >= 11 is 0. The summed E-state index contributed by atoms with van der Waals surface area (Å²) in [6, 6.07) is 13.3. The number of nitrogens with zero attached hydrogens (tertiary/aromatic N) is 2. The van der Waals surface area contributed by atoms with Crippen molar-refractivity contribution in [2.24, 2.45) is 0 Å². The van der Waals surface area contributed by atoms with Gasteiger partial charge in [0.25, 0.3) is 0 Å². The lowest BCUT2D eigenvalue weighted by molar-refractivity contribution is 0.0600. The van der Waals surface area contributed by atoms with Crippen molar-refractivity contribution in [1.29, 1.82) is 0 Å². The maximum Gasteiger partial charge on any atom is 0.337 e. The first-order valence-corrected chi connectivity index (χ1v) is 9.05. The predicted octanol–water partition coefficient (Wildman–Crippen LogP) is 3.44. The molecule has 1 N–H and O–H groups in total. The quantitative estimate of drug-likeness (QED) is 0.844. The lowest BCUT2D eigenvalue weighted by Gasteiger charge is -2.36. The van der Waals surface area contributed by atoms with E-state index in [1.807, 2.05) is 49.1 Å². The van der Waals surface area contributed by atoms with Crippen molar-refractivity contribution in [1.82, 2.24) is 4.90 Å². The fourth-order valence-corrected chi connectivity index (χ4v) is 3.29. The molecular formula is C21H25N3O3. The van der Waals surface area contributed by atoms with E-state index in [4.69, 9.17) is 4.74 Å². The highest BCUT2D eigenvalue weighted by Gasteiger charge is 2.22. The van der Waals surface area contributed by atoms with Crippen molar-refractivity contribution in [2.45, 2.75) is 13.8 Å². The van der Waals surface area contributed by atoms with Gasteiger partial charge in [-0.3, -0.25) is 0 Å². The van der Waals surface area contributed by atoms with Gasteiger partial charge in [-0.25, -0.2) is 9.59 Å². The Morgan fingerprint density at radius 1 is 0.926 bits per heavy atom. The number of anilines is 2. The molecule has 0 saturated carbocycles. The Morgan fingerprint density at radius 3 is 2.07 bits per heavy atom. The predicted molar refractivity (Wildman–Crippen MR) is 107 cm³/mol. The Bertz CT molecular complexity index is 805. The third-order valence-electron chi connectivity index (χ3n) is 4.93. The van der Waals surface area contributed by atoms with Gasteiger partial charge in [0, 0.05) is 37.6 Å². The second-order valence-corrected chi connectivity index (χ2v) is 6.71. The molecule has 0 aliphatic carbocycles. The molecule has 6 nitrogen and oxygen atoms in total. The number of benzene rings is 2. The zero-order chi connectivity index (χ0) is 19.4. The number of ether oxygens (including phenoxy) is 1. The first-order chi connectivity index (χ1) is 13.0. The summed E-state index contributed by atoms with van der Waals surface area (Å²) in [7, 11) is 1.37. The molecule has 6 heteroatoms. The molecule has 0 unspecified atom stereocenters. The van der Waals surface area contributed by atoms with Crippen molar-refractivity contribution < 1.29 is 14.3 Å². The molecule has 1 aliphatic heterocycles. The van der Waals surface area contributed by atoms with Gasteiger partial charge >= 0.3 is 12.0 Å². The number of esters is 1. The molecule has 0 radical (unpaired) electrons. The van der Waals surface area contributed by atoms with Crippen LogP contribution in [0.15, 0.2) is 42.5 Å². The van der Waals surface area contributed by atoms with Gasteiger partial charge in [0.05, 0.1) is 12.7 Å². The SMILES string of the molecule is COC(=O)c1ccc(N2CCN(C(=O)Nc3c(C)cccc3C)CC2)cc1. The molecule has 1 heterocycles. The van der Waals surface area contributed by atoms with Gasteiger partial charge in [-0.15, -0.1) is 0 Å². The summed E-state index contributed by atoms with van der Waals surface area (Å²) in [6.45, 7) is 6.79. The van der Waals surface area contributed by atoms with Crippen LogP contribution in [0, 0.1) is 13.8 Å². The number of piperazine rings is 1. The third kappa shape index (κ3) is 4.22. The molecule has 2 amide bonds. The van der Waals surface area contributed by atoms with Crippen LogP contribution in [0.5, 0.6) is 0 Å². The van der Waals surface area contributed by atoms with E-state index in [9.17, 15) is 9.59 Å². The molecule has 2 aromatic rings. The van der Waals surface area contributed by atoms with Gasteiger partial charge in [-0.1, -0.05) is 18.2 Å². The molecule has 0 spiro atoms. The van der Waals surface area contributed by atoms with Gasteiger partial charge in [0.1, 0.15) is 0 Å². The number of methoxy groups -OCH3 is 1. The van der Waals surface area contributed by atoms with Crippen LogP contribution in [-0.4, -0.2) is 50.2 Å². The van der Waals surface area contributed by atoms with Gasteiger partial charge in [-0.2, -0.15) is 0 Å². The van der Waals surface area contributed by atoms with E-state index in [2.05, 4.69) is 10.2 Å². The molecule has 27 heavy (non-hydrogen) atoms. The average molecular weight is 367 g/mol. The van der Waals surface area contributed by atoms with Crippen molar-refractivity contribution in [2.75, 3.05) is 43.5 Å². The van der Waals surface area contributed by atoms with Crippen LogP contribution in [-0.2, 0) is 4.74 Å². The average Bonchev–Trinajstić information content (AvgIpc) is 2.70. The van der Waals surface area contributed by atoms with E-state index in [1.54, 1.807) is 12.1 Å². The molecule has 0 bridgehead atoms. The molecule has 1 saturated heterocycles. The zero-order valence-electron chi connectivity index (χ0n) is 16.0. The summed E-state index contributed by atoms with van der Waals surface area (Å²) < 4.78 is 4.72. The fraction of sp³-hybridized carbons (Fsp3) is 0.333. The molecule has 142 valence electrons. The Hall–Kier alpha value is -3.02. The number of hydrogen-bond donors (Lipinski definition) is 1. The van der Waals surface area contributed by atoms with Crippen molar-refractivity contribution in [3.05, 3.63) is 59.2 Å². The molecule has 3 rings (SSSR count). The molecular weight excluding hydrogens is 342 g/mol.